The van der Waals surface area contributed by atoms with Crippen LogP contribution in [0.4, 0.5) is 0 Å². The van der Waals surface area contributed by atoms with Crippen LogP contribution >= 0.6 is 0 Å². The molecule has 0 aromatic carbocycles. The molecule has 0 radical (unpaired) electrons. The summed E-state index contributed by atoms with van der Waals surface area (Å²) in [6.45, 7) is 8.45. The first-order chi connectivity index (χ1) is 9.98. The molecule has 3 heteroatoms. The second-order valence-electron chi connectivity index (χ2n) is 7.70. The summed E-state index contributed by atoms with van der Waals surface area (Å²) in [5, 5.41) is 0. The topological polar surface area (TPSA) is 38.5 Å². The summed E-state index contributed by atoms with van der Waals surface area (Å²) in [5.74, 6) is 0.957. The van der Waals surface area contributed by atoms with Gasteiger partial charge in [-0.3, -0.25) is 4.90 Å². The van der Waals surface area contributed by atoms with Crippen molar-refractivity contribution in [1.29, 1.82) is 0 Å². The van der Waals surface area contributed by atoms with Gasteiger partial charge in [0.1, 0.15) is 0 Å². The van der Waals surface area contributed by atoms with E-state index in [1.54, 1.807) is 0 Å². The second kappa shape index (κ2) is 6.97. The summed E-state index contributed by atoms with van der Waals surface area (Å²) >= 11 is 0. The van der Waals surface area contributed by atoms with Gasteiger partial charge in [0.25, 0.3) is 0 Å². The predicted octanol–water partition coefficient (Wildman–Crippen LogP) is 3.56. The third-order valence-corrected chi connectivity index (χ3v) is 6.54. The van der Waals surface area contributed by atoms with Gasteiger partial charge in [-0.25, -0.2) is 0 Å². The summed E-state index contributed by atoms with van der Waals surface area (Å²) in [6.07, 6.45) is 10.1. The molecule has 2 aliphatic rings. The highest BCUT2D eigenvalue weighted by Crippen LogP contribution is 2.40. The molecule has 2 N–H and O–H groups in total. The molecule has 2 atom stereocenters. The fourth-order valence-corrected chi connectivity index (χ4v) is 4.50. The van der Waals surface area contributed by atoms with Gasteiger partial charge >= 0.3 is 0 Å². The minimum absolute atomic E-state index is 0.00645. The Kier molecular flexibility index (Phi) is 5.72. The van der Waals surface area contributed by atoms with E-state index in [-0.39, 0.29) is 11.1 Å². The Morgan fingerprint density at radius 2 is 1.86 bits per heavy atom. The first-order valence-electron chi connectivity index (χ1n) is 9.05. The Balaban J connectivity index is 2.05. The molecule has 1 aliphatic carbocycles. The summed E-state index contributed by atoms with van der Waals surface area (Å²) in [5.41, 5.74) is 6.43. The smallest absolute Gasteiger partial charge is 0.0670 e. The molecule has 1 saturated heterocycles. The van der Waals surface area contributed by atoms with Gasteiger partial charge in [-0.15, -0.1) is 0 Å². The van der Waals surface area contributed by atoms with Crippen LogP contribution in [0.2, 0.25) is 0 Å². The minimum Gasteiger partial charge on any atom is -0.375 e. The monoisotopic (exact) mass is 296 g/mol. The molecule has 0 aromatic rings. The van der Waals surface area contributed by atoms with Crippen molar-refractivity contribution in [3.63, 3.8) is 0 Å². The number of rotatable bonds is 5. The highest BCUT2D eigenvalue weighted by Gasteiger charge is 2.46. The first-order valence-corrected chi connectivity index (χ1v) is 9.05. The van der Waals surface area contributed by atoms with E-state index in [2.05, 4.69) is 32.7 Å². The third kappa shape index (κ3) is 3.62. The van der Waals surface area contributed by atoms with Crippen LogP contribution in [-0.2, 0) is 4.74 Å². The second-order valence-corrected chi connectivity index (χ2v) is 7.70. The molecule has 1 heterocycles. The Hall–Kier alpha value is -0.120. The molecule has 124 valence electrons. The zero-order chi connectivity index (χ0) is 15.5. The molecular weight excluding hydrogens is 260 g/mol. The van der Waals surface area contributed by atoms with Gasteiger partial charge < -0.3 is 10.5 Å². The average Bonchev–Trinajstić information content (AvgIpc) is 2.54. The summed E-state index contributed by atoms with van der Waals surface area (Å²) in [7, 11) is 2.32. The van der Waals surface area contributed by atoms with Crippen LogP contribution in [0.25, 0.3) is 0 Å². The number of ether oxygens (including phenoxy) is 1. The van der Waals surface area contributed by atoms with Gasteiger partial charge in [0, 0.05) is 24.7 Å². The summed E-state index contributed by atoms with van der Waals surface area (Å²) < 4.78 is 6.06. The molecule has 0 bridgehead atoms. The van der Waals surface area contributed by atoms with E-state index in [9.17, 15) is 0 Å². The standard InChI is InChI=1S/C18H36N2O/c1-5-15-7-9-16(10-8-15)20(4)18(14-19)11-12-21-17(3,6-2)13-18/h15-16H,5-14,19H2,1-4H3. The lowest BCUT2D eigenvalue weighted by Gasteiger charge is -2.53. The molecule has 1 saturated carbocycles. The lowest BCUT2D eigenvalue weighted by Crippen LogP contribution is -2.62. The van der Waals surface area contributed by atoms with Crippen molar-refractivity contribution in [3.05, 3.63) is 0 Å². The fourth-order valence-electron chi connectivity index (χ4n) is 4.50. The molecule has 2 rings (SSSR count). The Bertz CT molecular complexity index is 327. The Morgan fingerprint density at radius 3 is 2.38 bits per heavy atom. The van der Waals surface area contributed by atoms with Gasteiger partial charge in [-0.1, -0.05) is 20.3 Å². The van der Waals surface area contributed by atoms with Crippen LogP contribution in [0.5, 0.6) is 0 Å². The molecule has 21 heavy (non-hydrogen) atoms. The maximum Gasteiger partial charge on any atom is 0.0670 e. The van der Waals surface area contributed by atoms with Gasteiger partial charge in [-0.05, 0) is 64.8 Å². The molecule has 2 unspecified atom stereocenters. The normalized spacial score (nSPS) is 41.4. The average molecular weight is 296 g/mol. The SMILES string of the molecule is CCC1CCC(N(C)C2(CN)CCOC(C)(CC)C2)CC1. The van der Waals surface area contributed by atoms with Crippen molar-refractivity contribution in [2.75, 3.05) is 20.2 Å². The van der Waals surface area contributed by atoms with Crippen LogP contribution in [0.1, 0.15) is 72.1 Å². The van der Waals surface area contributed by atoms with E-state index in [1.807, 2.05) is 0 Å². The lowest BCUT2D eigenvalue weighted by atomic mass is 9.75. The first kappa shape index (κ1) is 17.2. The van der Waals surface area contributed by atoms with Crippen LogP contribution in [0, 0.1) is 5.92 Å². The highest BCUT2D eigenvalue weighted by atomic mass is 16.5. The fraction of sp³-hybridized carbons (Fsp3) is 1.00. The molecule has 0 amide bonds. The third-order valence-electron chi connectivity index (χ3n) is 6.54. The molecule has 2 fully saturated rings. The van der Waals surface area contributed by atoms with E-state index >= 15 is 0 Å². The number of hydrogen-bond acceptors (Lipinski definition) is 3. The maximum atomic E-state index is 6.28. The van der Waals surface area contributed by atoms with Gasteiger partial charge in [-0.2, -0.15) is 0 Å². The van der Waals surface area contributed by atoms with E-state index in [0.29, 0.717) is 0 Å². The number of likely N-dealkylation sites (N-methyl/N-ethyl adjacent to an activating group) is 1. The van der Waals surface area contributed by atoms with Crippen LogP contribution in [0.15, 0.2) is 0 Å². The Labute approximate surface area is 131 Å². The van der Waals surface area contributed by atoms with Gasteiger partial charge in [0.2, 0.25) is 0 Å². The maximum absolute atomic E-state index is 6.28. The molecule has 0 aromatic heterocycles. The van der Waals surface area contributed by atoms with E-state index in [0.717, 1.165) is 44.4 Å². The number of nitrogens with two attached hydrogens (primary N) is 1. The van der Waals surface area contributed by atoms with Gasteiger partial charge in [0.05, 0.1) is 5.60 Å². The largest absolute Gasteiger partial charge is 0.375 e. The van der Waals surface area contributed by atoms with Crippen LogP contribution in [0.3, 0.4) is 0 Å². The van der Waals surface area contributed by atoms with Crippen molar-refractivity contribution < 1.29 is 4.74 Å². The molecular formula is C18H36N2O. The summed E-state index contributed by atoms with van der Waals surface area (Å²) in [6, 6.07) is 0.718. The minimum atomic E-state index is 0.00645. The number of nitrogens with zero attached hydrogens (tertiary/aromatic N) is 1. The van der Waals surface area contributed by atoms with Crippen molar-refractivity contribution in [2.24, 2.45) is 11.7 Å². The van der Waals surface area contributed by atoms with Crippen molar-refractivity contribution in [1.82, 2.24) is 4.90 Å². The van der Waals surface area contributed by atoms with Crippen LogP contribution in [-0.4, -0.2) is 42.3 Å². The van der Waals surface area contributed by atoms with E-state index in [4.69, 9.17) is 10.5 Å². The zero-order valence-electron chi connectivity index (χ0n) is 14.7. The Morgan fingerprint density at radius 1 is 1.19 bits per heavy atom. The van der Waals surface area contributed by atoms with Gasteiger partial charge in [0.15, 0.2) is 0 Å². The van der Waals surface area contributed by atoms with E-state index in [1.165, 1.54) is 32.1 Å². The quantitative estimate of drug-likeness (QED) is 0.843. The predicted molar refractivity (Wildman–Crippen MR) is 89.5 cm³/mol. The summed E-state index contributed by atoms with van der Waals surface area (Å²) in [4.78, 5) is 2.65. The molecule has 3 nitrogen and oxygen atoms in total. The molecule has 1 aliphatic heterocycles. The van der Waals surface area contributed by atoms with Crippen molar-refractivity contribution in [3.8, 4) is 0 Å². The van der Waals surface area contributed by atoms with Crippen molar-refractivity contribution >= 4 is 0 Å². The van der Waals surface area contributed by atoms with Crippen LogP contribution < -0.4 is 5.73 Å². The van der Waals surface area contributed by atoms with Crippen molar-refractivity contribution in [2.45, 2.75) is 89.3 Å². The number of hydrogen-bond donors (Lipinski definition) is 1. The van der Waals surface area contributed by atoms with E-state index < -0.39 is 0 Å². The zero-order valence-corrected chi connectivity index (χ0v) is 14.7. The lowest BCUT2D eigenvalue weighted by molar-refractivity contribution is -0.134. The highest BCUT2D eigenvalue weighted by molar-refractivity contribution is 5.01. The molecule has 0 spiro atoms.